The summed E-state index contributed by atoms with van der Waals surface area (Å²) in [4.78, 5) is 4.66. The lowest BCUT2D eigenvalue weighted by atomic mass is 10.1. The van der Waals surface area contributed by atoms with Gasteiger partial charge in [0.2, 0.25) is 0 Å². The fourth-order valence-electron chi connectivity index (χ4n) is 2.74. The van der Waals surface area contributed by atoms with Crippen molar-refractivity contribution in [2.24, 2.45) is 5.73 Å². The Balaban J connectivity index is 2.19. The number of nitrogens with zero attached hydrogens (tertiary/aromatic N) is 3. The van der Waals surface area contributed by atoms with E-state index >= 15 is 0 Å². The van der Waals surface area contributed by atoms with Crippen molar-refractivity contribution in [1.29, 1.82) is 5.26 Å². The molecule has 3 aromatic rings. The smallest absolute Gasteiger partial charge is 0.114 e. The zero-order chi connectivity index (χ0) is 15.5. The van der Waals surface area contributed by atoms with Crippen LogP contribution in [0.5, 0.6) is 0 Å². The first kappa shape index (κ1) is 14.3. The van der Waals surface area contributed by atoms with E-state index in [9.17, 15) is 5.26 Å². The van der Waals surface area contributed by atoms with E-state index in [1.54, 1.807) is 0 Å². The van der Waals surface area contributed by atoms with E-state index in [-0.39, 0.29) is 0 Å². The predicted octanol–water partition coefficient (Wildman–Crippen LogP) is 2.96. The molecule has 0 aliphatic rings. The van der Waals surface area contributed by atoms with Crippen molar-refractivity contribution < 1.29 is 0 Å². The Kier molecular flexibility index (Phi) is 3.90. The number of benzene rings is 2. The van der Waals surface area contributed by atoms with Crippen molar-refractivity contribution in [3.05, 3.63) is 59.4 Å². The minimum Gasteiger partial charge on any atom is -0.330 e. The van der Waals surface area contributed by atoms with Crippen molar-refractivity contribution in [2.45, 2.75) is 19.8 Å². The van der Waals surface area contributed by atoms with E-state index in [1.165, 1.54) is 5.56 Å². The second-order valence-electron chi connectivity index (χ2n) is 5.21. The molecule has 0 amide bonds. The third kappa shape index (κ3) is 2.36. The number of aryl methyl sites for hydroxylation is 1. The average molecular weight is 290 g/mol. The molecule has 0 spiro atoms. The van der Waals surface area contributed by atoms with Gasteiger partial charge in [0.05, 0.1) is 11.1 Å². The van der Waals surface area contributed by atoms with Gasteiger partial charge in [0, 0.05) is 12.1 Å². The van der Waals surface area contributed by atoms with Crippen molar-refractivity contribution in [2.75, 3.05) is 6.54 Å². The quantitative estimate of drug-likeness (QED) is 0.803. The van der Waals surface area contributed by atoms with Gasteiger partial charge in [-0.1, -0.05) is 25.1 Å². The van der Waals surface area contributed by atoms with Gasteiger partial charge in [-0.15, -0.1) is 0 Å². The van der Waals surface area contributed by atoms with Crippen molar-refractivity contribution in [1.82, 2.24) is 9.55 Å². The summed E-state index contributed by atoms with van der Waals surface area (Å²) in [6, 6.07) is 16.3. The molecule has 0 bridgehead atoms. The van der Waals surface area contributed by atoms with Gasteiger partial charge in [-0.2, -0.15) is 5.26 Å². The molecule has 0 fully saturated rings. The molecular formula is C18H18N4. The van der Waals surface area contributed by atoms with Gasteiger partial charge in [-0.3, -0.25) is 4.57 Å². The zero-order valence-corrected chi connectivity index (χ0v) is 12.6. The zero-order valence-electron chi connectivity index (χ0n) is 12.6. The normalized spacial score (nSPS) is 10.8. The first-order chi connectivity index (χ1) is 10.8. The average Bonchev–Trinajstić information content (AvgIpc) is 2.94. The predicted molar refractivity (Wildman–Crippen MR) is 87.9 cm³/mol. The van der Waals surface area contributed by atoms with E-state index in [4.69, 9.17) is 5.73 Å². The Morgan fingerprint density at radius 2 is 1.95 bits per heavy atom. The summed E-state index contributed by atoms with van der Waals surface area (Å²) < 4.78 is 2.13. The molecule has 4 nitrogen and oxygen atoms in total. The van der Waals surface area contributed by atoms with E-state index in [2.05, 4.69) is 46.8 Å². The number of fused-ring (bicyclic) bond motifs is 1. The number of aromatic nitrogens is 2. The minimum atomic E-state index is 0.616. The molecule has 1 aromatic heterocycles. The van der Waals surface area contributed by atoms with Gasteiger partial charge >= 0.3 is 0 Å². The highest BCUT2D eigenvalue weighted by Crippen LogP contribution is 2.24. The van der Waals surface area contributed by atoms with Gasteiger partial charge in [0.1, 0.15) is 17.4 Å². The number of hydrogen-bond donors (Lipinski definition) is 1. The number of hydrogen-bond acceptors (Lipinski definition) is 3. The molecule has 22 heavy (non-hydrogen) atoms. The van der Waals surface area contributed by atoms with Crippen LogP contribution >= 0.6 is 0 Å². The summed E-state index contributed by atoms with van der Waals surface area (Å²) in [5, 5.41) is 9.26. The lowest BCUT2D eigenvalue weighted by molar-refractivity contribution is 0.905. The maximum absolute atomic E-state index is 9.26. The molecule has 4 heteroatoms. The number of nitrogens with two attached hydrogens (primary N) is 1. The van der Waals surface area contributed by atoms with Crippen LogP contribution in [0.15, 0.2) is 42.5 Å². The summed E-state index contributed by atoms with van der Waals surface area (Å²) in [7, 11) is 0. The Morgan fingerprint density at radius 1 is 1.18 bits per heavy atom. The SMILES string of the molecule is CCc1nc2c(C#N)cccc2n1-c1ccc(CCN)cc1. The monoisotopic (exact) mass is 290 g/mol. The lowest BCUT2D eigenvalue weighted by Crippen LogP contribution is -2.03. The second-order valence-corrected chi connectivity index (χ2v) is 5.21. The van der Waals surface area contributed by atoms with Crippen molar-refractivity contribution >= 4 is 11.0 Å². The number of para-hydroxylation sites is 1. The topological polar surface area (TPSA) is 67.6 Å². The van der Waals surface area contributed by atoms with Gasteiger partial charge in [0.15, 0.2) is 0 Å². The van der Waals surface area contributed by atoms with Gasteiger partial charge in [-0.25, -0.2) is 4.98 Å². The Bertz CT molecular complexity index is 838. The molecule has 0 unspecified atom stereocenters. The van der Waals surface area contributed by atoms with E-state index < -0.39 is 0 Å². The lowest BCUT2D eigenvalue weighted by Gasteiger charge is -2.09. The molecule has 0 aliphatic carbocycles. The number of rotatable bonds is 4. The molecule has 2 N–H and O–H groups in total. The highest BCUT2D eigenvalue weighted by atomic mass is 15.1. The molecule has 1 heterocycles. The fourth-order valence-corrected chi connectivity index (χ4v) is 2.74. The van der Waals surface area contributed by atoms with Gasteiger partial charge in [-0.05, 0) is 42.8 Å². The summed E-state index contributed by atoms with van der Waals surface area (Å²) in [5.74, 6) is 0.962. The fraction of sp³-hybridized carbons (Fsp3) is 0.222. The Morgan fingerprint density at radius 3 is 2.59 bits per heavy atom. The summed E-state index contributed by atoms with van der Waals surface area (Å²) in [6.07, 6.45) is 1.69. The van der Waals surface area contributed by atoms with Crippen LogP contribution in [0, 0.1) is 11.3 Å². The Hall–Kier alpha value is -2.64. The van der Waals surface area contributed by atoms with Crippen LogP contribution in [0.25, 0.3) is 16.7 Å². The molecule has 0 radical (unpaired) electrons. The molecule has 0 saturated carbocycles. The van der Waals surface area contributed by atoms with Crippen LogP contribution in [-0.2, 0) is 12.8 Å². The van der Waals surface area contributed by atoms with Crippen molar-refractivity contribution in [3.63, 3.8) is 0 Å². The third-order valence-corrected chi connectivity index (χ3v) is 3.82. The van der Waals surface area contributed by atoms with Crippen LogP contribution in [0.3, 0.4) is 0 Å². The van der Waals surface area contributed by atoms with E-state index in [1.807, 2.05) is 18.2 Å². The highest BCUT2D eigenvalue weighted by molar-refractivity contribution is 5.83. The van der Waals surface area contributed by atoms with Crippen LogP contribution in [0.2, 0.25) is 0 Å². The minimum absolute atomic E-state index is 0.616. The van der Waals surface area contributed by atoms with Crippen LogP contribution < -0.4 is 5.73 Å². The molecule has 2 aromatic carbocycles. The van der Waals surface area contributed by atoms with Gasteiger partial charge < -0.3 is 5.73 Å². The third-order valence-electron chi connectivity index (χ3n) is 3.82. The summed E-state index contributed by atoms with van der Waals surface area (Å²) >= 11 is 0. The summed E-state index contributed by atoms with van der Waals surface area (Å²) in [5.41, 5.74) is 10.3. The van der Waals surface area contributed by atoms with E-state index in [0.717, 1.165) is 35.4 Å². The number of nitriles is 1. The maximum Gasteiger partial charge on any atom is 0.114 e. The molecule has 0 atom stereocenters. The Labute approximate surface area is 129 Å². The van der Waals surface area contributed by atoms with E-state index in [0.29, 0.717) is 12.1 Å². The maximum atomic E-state index is 9.26. The van der Waals surface area contributed by atoms with Gasteiger partial charge in [0.25, 0.3) is 0 Å². The second kappa shape index (κ2) is 6.00. The number of imidazole rings is 1. The molecular weight excluding hydrogens is 272 g/mol. The van der Waals surface area contributed by atoms with Crippen LogP contribution in [-0.4, -0.2) is 16.1 Å². The molecule has 0 aliphatic heterocycles. The summed E-state index contributed by atoms with van der Waals surface area (Å²) in [6.45, 7) is 2.73. The standard InChI is InChI=1S/C18H18N4/c1-2-17-21-18-14(12-20)4-3-5-16(18)22(17)15-8-6-13(7-9-15)10-11-19/h3-9H,2,10-11,19H2,1H3. The highest BCUT2D eigenvalue weighted by Gasteiger charge is 2.13. The first-order valence-electron chi connectivity index (χ1n) is 7.48. The first-order valence-corrected chi connectivity index (χ1v) is 7.48. The molecule has 3 rings (SSSR count). The van der Waals surface area contributed by atoms with Crippen molar-refractivity contribution in [3.8, 4) is 11.8 Å². The largest absolute Gasteiger partial charge is 0.330 e. The molecule has 0 saturated heterocycles. The van der Waals surface area contributed by atoms with Crippen LogP contribution in [0.4, 0.5) is 0 Å². The molecule has 110 valence electrons. The van der Waals surface area contributed by atoms with Crippen LogP contribution in [0.1, 0.15) is 23.9 Å².